The Kier molecular flexibility index (Phi) is 4.42. The topological polar surface area (TPSA) is 59.8 Å². The highest BCUT2D eigenvalue weighted by molar-refractivity contribution is 5.96. The third-order valence-corrected chi connectivity index (χ3v) is 4.02. The Balaban J connectivity index is 1.86. The van der Waals surface area contributed by atoms with Gasteiger partial charge in [0.2, 0.25) is 0 Å². The Morgan fingerprint density at radius 1 is 1.08 bits per heavy atom. The van der Waals surface area contributed by atoms with E-state index in [0.717, 1.165) is 22.6 Å². The van der Waals surface area contributed by atoms with E-state index in [-0.39, 0.29) is 5.91 Å². The van der Waals surface area contributed by atoms with Crippen molar-refractivity contribution in [2.45, 2.75) is 27.3 Å². The predicted molar refractivity (Wildman–Crippen MR) is 93.2 cm³/mol. The number of rotatable bonds is 4. The van der Waals surface area contributed by atoms with Gasteiger partial charge in [0.25, 0.3) is 5.91 Å². The number of benzene rings is 1. The quantitative estimate of drug-likeness (QED) is 0.803. The van der Waals surface area contributed by atoms with E-state index in [2.05, 4.69) is 15.4 Å². The summed E-state index contributed by atoms with van der Waals surface area (Å²) in [6.45, 7) is 6.21. The highest BCUT2D eigenvalue weighted by Crippen LogP contribution is 2.20. The van der Waals surface area contributed by atoms with Crippen molar-refractivity contribution in [2.24, 2.45) is 0 Å². The molecule has 2 aromatic heterocycles. The number of amides is 1. The third-order valence-electron chi connectivity index (χ3n) is 4.02. The third kappa shape index (κ3) is 3.06. The van der Waals surface area contributed by atoms with Gasteiger partial charge in [0, 0.05) is 6.20 Å². The molecule has 0 aliphatic rings. The van der Waals surface area contributed by atoms with Crippen molar-refractivity contribution in [1.82, 2.24) is 20.1 Å². The highest BCUT2D eigenvalue weighted by Gasteiger charge is 2.19. The second kappa shape index (κ2) is 6.66. The molecule has 0 unspecified atom stereocenters. The van der Waals surface area contributed by atoms with Crippen molar-refractivity contribution in [3.8, 4) is 5.69 Å². The Hall–Kier alpha value is -2.95. The molecule has 0 bridgehead atoms. The molecule has 2 heterocycles. The number of carbonyl (C=O) groups is 1. The first kappa shape index (κ1) is 15.9. The summed E-state index contributed by atoms with van der Waals surface area (Å²) in [5.74, 6) is -0.129. The summed E-state index contributed by atoms with van der Waals surface area (Å²) >= 11 is 0. The zero-order valence-electron chi connectivity index (χ0n) is 14.1. The standard InChI is InChI=1S/C19H20N4O/c1-13-8-4-5-10-17(13)23-15(3)18(14(2)22-23)19(24)21-12-16-9-6-7-11-20-16/h4-11H,12H2,1-3H3,(H,21,24). The number of para-hydroxylation sites is 1. The molecule has 0 radical (unpaired) electrons. The van der Waals surface area contributed by atoms with Gasteiger partial charge in [0.05, 0.1) is 34.9 Å². The van der Waals surface area contributed by atoms with Crippen molar-refractivity contribution >= 4 is 5.91 Å². The molecule has 122 valence electrons. The van der Waals surface area contributed by atoms with Crippen LogP contribution < -0.4 is 5.32 Å². The molecule has 0 aliphatic carbocycles. The molecule has 3 aromatic rings. The van der Waals surface area contributed by atoms with Crippen LogP contribution in [-0.2, 0) is 6.54 Å². The van der Waals surface area contributed by atoms with Gasteiger partial charge >= 0.3 is 0 Å². The summed E-state index contributed by atoms with van der Waals surface area (Å²) in [4.78, 5) is 16.8. The lowest BCUT2D eigenvalue weighted by atomic mass is 10.1. The molecular formula is C19H20N4O. The zero-order valence-corrected chi connectivity index (χ0v) is 14.1. The van der Waals surface area contributed by atoms with Crippen molar-refractivity contribution in [3.05, 3.63) is 76.9 Å². The number of aromatic nitrogens is 3. The van der Waals surface area contributed by atoms with Crippen molar-refractivity contribution < 1.29 is 4.79 Å². The van der Waals surface area contributed by atoms with E-state index in [1.54, 1.807) is 6.20 Å². The Bertz CT molecular complexity index is 868. The summed E-state index contributed by atoms with van der Waals surface area (Å²) in [7, 11) is 0. The van der Waals surface area contributed by atoms with Crippen LogP contribution in [0.5, 0.6) is 0 Å². The molecule has 5 heteroatoms. The number of pyridine rings is 1. The van der Waals surface area contributed by atoms with Gasteiger partial charge in [0.15, 0.2) is 0 Å². The fourth-order valence-corrected chi connectivity index (χ4v) is 2.77. The Labute approximate surface area is 141 Å². The van der Waals surface area contributed by atoms with Crippen LogP contribution >= 0.6 is 0 Å². The van der Waals surface area contributed by atoms with E-state index < -0.39 is 0 Å². The summed E-state index contributed by atoms with van der Waals surface area (Å²) in [6, 6.07) is 13.6. The maximum atomic E-state index is 12.6. The first-order chi connectivity index (χ1) is 11.6. The van der Waals surface area contributed by atoms with Gasteiger partial charge in [-0.25, -0.2) is 4.68 Å². The molecule has 1 aromatic carbocycles. The molecule has 3 rings (SSSR count). The van der Waals surface area contributed by atoms with Gasteiger partial charge in [-0.05, 0) is 44.5 Å². The van der Waals surface area contributed by atoms with Crippen LogP contribution in [-0.4, -0.2) is 20.7 Å². The minimum absolute atomic E-state index is 0.129. The van der Waals surface area contributed by atoms with Gasteiger partial charge in [0.1, 0.15) is 0 Å². The fraction of sp³-hybridized carbons (Fsp3) is 0.211. The summed E-state index contributed by atoms with van der Waals surface area (Å²) in [5.41, 5.74) is 5.10. The highest BCUT2D eigenvalue weighted by atomic mass is 16.1. The van der Waals surface area contributed by atoms with Crippen LogP contribution in [0.4, 0.5) is 0 Å². The number of aryl methyl sites for hydroxylation is 2. The van der Waals surface area contributed by atoms with Gasteiger partial charge in [-0.2, -0.15) is 5.10 Å². The number of nitrogens with zero attached hydrogens (tertiary/aromatic N) is 3. The van der Waals surface area contributed by atoms with Gasteiger partial charge in [-0.3, -0.25) is 9.78 Å². The molecule has 5 nitrogen and oxygen atoms in total. The summed E-state index contributed by atoms with van der Waals surface area (Å²) < 4.78 is 1.83. The van der Waals surface area contributed by atoms with Crippen LogP contribution in [0, 0.1) is 20.8 Å². The van der Waals surface area contributed by atoms with Gasteiger partial charge < -0.3 is 5.32 Å². The van der Waals surface area contributed by atoms with Crippen LogP contribution in [0.1, 0.15) is 33.0 Å². The molecule has 0 saturated heterocycles. The predicted octanol–water partition coefficient (Wildman–Crippen LogP) is 3.12. The molecule has 0 atom stereocenters. The molecule has 24 heavy (non-hydrogen) atoms. The smallest absolute Gasteiger partial charge is 0.255 e. The monoisotopic (exact) mass is 320 g/mol. The van der Waals surface area contributed by atoms with E-state index in [9.17, 15) is 4.79 Å². The van der Waals surface area contributed by atoms with E-state index >= 15 is 0 Å². The average Bonchev–Trinajstić information content (AvgIpc) is 2.88. The number of carbonyl (C=O) groups excluding carboxylic acids is 1. The number of nitrogens with one attached hydrogen (secondary N) is 1. The van der Waals surface area contributed by atoms with E-state index in [1.807, 2.05) is 67.9 Å². The first-order valence-electron chi connectivity index (χ1n) is 7.88. The van der Waals surface area contributed by atoms with Crippen molar-refractivity contribution in [2.75, 3.05) is 0 Å². The lowest BCUT2D eigenvalue weighted by Gasteiger charge is -2.08. The normalized spacial score (nSPS) is 10.6. The molecule has 0 spiro atoms. The average molecular weight is 320 g/mol. The van der Waals surface area contributed by atoms with E-state index in [0.29, 0.717) is 17.8 Å². The zero-order chi connectivity index (χ0) is 17.1. The molecule has 0 saturated carbocycles. The minimum atomic E-state index is -0.129. The Morgan fingerprint density at radius 3 is 2.54 bits per heavy atom. The van der Waals surface area contributed by atoms with Crippen LogP contribution in [0.2, 0.25) is 0 Å². The van der Waals surface area contributed by atoms with E-state index in [4.69, 9.17) is 0 Å². The maximum absolute atomic E-state index is 12.6. The first-order valence-corrected chi connectivity index (χ1v) is 7.88. The van der Waals surface area contributed by atoms with Gasteiger partial charge in [-0.15, -0.1) is 0 Å². The van der Waals surface area contributed by atoms with Crippen LogP contribution in [0.3, 0.4) is 0 Å². The Morgan fingerprint density at radius 2 is 1.83 bits per heavy atom. The van der Waals surface area contributed by atoms with E-state index in [1.165, 1.54) is 0 Å². The molecule has 0 fully saturated rings. The summed E-state index contributed by atoms with van der Waals surface area (Å²) in [5, 5.41) is 7.48. The molecule has 1 amide bonds. The second-order valence-electron chi connectivity index (χ2n) is 5.75. The number of hydrogen-bond acceptors (Lipinski definition) is 3. The maximum Gasteiger partial charge on any atom is 0.255 e. The minimum Gasteiger partial charge on any atom is -0.346 e. The summed E-state index contributed by atoms with van der Waals surface area (Å²) in [6.07, 6.45) is 1.72. The lowest BCUT2D eigenvalue weighted by molar-refractivity contribution is 0.0949. The van der Waals surface area contributed by atoms with Crippen LogP contribution in [0.15, 0.2) is 48.7 Å². The lowest BCUT2D eigenvalue weighted by Crippen LogP contribution is -2.24. The number of hydrogen-bond donors (Lipinski definition) is 1. The largest absolute Gasteiger partial charge is 0.346 e. The molecule has 0 aliphatic heterocycles. The molecular weight excluding hydrogens is 300 g/mol. The SMILES string of the molecule is Cc1ccccc1-n1nc(C)c(C(=O)NCc2ccccn2)c1C. The van der Waals surface area contributed by atoms with Gasteiger partial charge in [-0.1, -0.05) is 24.3 Å². The van der Waals surface area contributed by atoms with Crippen molar-refractivity contribution in [3.63, 3.8) is 0 Å². The van der Waals surface area contributed by atoms with Crippen LogP contribution in [0.25, 0.3) is 5.69 Å². The van der Waals surface area contributed by atoms with Crippen molar-refractivity contribution in [1.29, 1.82) is 0 Å². The fourth-order valence-electron chi connectivity index (χ4n) is 2.77. The molecule has 1 N–H and O–H groups in total. The second-order valence-corrected chi connectivity index (χ2v) is 5.75.